The van der Waals surface area contributed by atoms with Crippen LogP contribution < -0.4 is 0 Å². The summed E-state index contributed by atoms with van der Waals surface area (Å²) in [6, 6.07) is 3.78. The Balaban J connectivity index is 2.00. The molecule has 0 aliphatic heterocycles. The van der Waals surface area contributed by atoms with E-state index in [9.17, 15) is 4.79 Å². The molecule has 0 aromatic carbocycles. The first-order chi connectivity index (χ1) is 8.25. The highest BCUT2D eigenvalue weighted by molar-refractivity contribution is 7.98. The zero-order valence-corrected chi connectivity index (χ0v) is 9.54. The Kier molecular flexibility index (Phi) is 3.66. The minimum absolute atomic E-state index is 0.234. The number of thioether (sulfide) groups is 1. The number of nitrogens with zero attached hydrogens (tertiary/aromatic N) is 5. The molecule has 2 aromatic heterocycles. The predicted octanol–water partition coefficient (Wildman–Crippen LogP) is 0.445. The highest BCUT2D eigenvalue weighted by Gasteiger charge is 2.09. The molecule has 0 amide bonds. The van der Waals surface area contributed by atoms with Crippen LogP contribution in [0, 0.1) is 0 Å². The van der Waals surface area contributed by atoms with Crippen LogP contribution in [0.4, 0.5) is 0 Å². The van der Waals surface area contributed by atoms with Gasteiger partial charge in [0, 0.05) is 18.1 Å². The van der Waals surface area contributed by atoms with Gasteiger partial charge in [-0.3, -0.25) is 9.78 Å². The maximum atomic E-state index is 10.6. The Morgan fingerprint density at radius 3 is 3.12 bits per heavy atom. The van der Waals surface area contributed by atoms with Crippen molar-refractivity contribution in [1.82, 2.24) is 25.2 Å². The zero-order valence-electron chi connectivity index (χ0n) is 8.72. The molecule has 0 unspecified atom stereocenters. The highest BCUT2D eigenvalue weighted by atomic mass is 32.2. The number of hydrogen-bond donors (Lipinski definition) is 1. The lowest BCUT2D eigenvalue weighted by Crippen LogP contribution is -2.11. The van der Waals surface area contributed by atoms with Crippen LogP contribution in [0.15, 0.2) is 29.7 Å². The maximum absolute atomic E-state index is 10.6. The number of aliphatic carboxylic acids is 1. The van der Waals surface area contributed by atoms with E-state index in [0.29, 0.717) is 10.9 Å². The van der Waals surface area contributed by atoms with Crippen molar-refractivity contribution in [2.24, 2.45) is 0 Å². The van der Waals surface area contributed by atoms with E-state index >= 15 is 0 Å². The topological polar surface area (TPSA) is 93.8 Å². The monoisotopic (exact) mass is 251 g/mol. The van der Waals surface area contributed by atoms with E-state index in [0.717, 1.165) is 5.56 Å². The molecule has 0 saturated heterocycles. The molecule has 0 saturated carbocycles. The fraction of sp³-hybridized carbons (Fsp3) is 0.222. The van der Waals surface area contributed by atoms with Crippen molar-refractivity contribution in [3.05, 3.63) is 30.1 Å². The maximum Gasteiger partial charge on any atom is 0.325 e. The molecule has 0 bridgehead atoms. The van der Waals surface area contributed by atoms with Gasteiger partial charge in [-0.25, -0.2) is 4.68 Å². The van der Waals surface area contributed by atoms with Crippen LogP contribution in [-0.4, -0.2) is 36.3 Å². The molecule has 0 fully saturated rings. The van der Waals surface area contributed by atoms with Gasteiger partial charge in [-0.1, -0.05) is 17.8 Å². The standard InChI is InChI=1S/C9H9N5O2S/c15-8(16)5-14-9(11-12-13-14)17-6-7-2-1-3-10-4-7/h1-4H,5-6H2,(H,15,16). The van der Waals surface area contributed by atoms with Crippen molar-refractivity contribution in [2.45, 2.75) is 17.5 Å². The number of pyridine rings is 1. The molecular weight excluding hydrogens is 242 g/mol. The number of tetrazole rings is 1. The van der Waals surface area contributed by atoms with Crippen molar-refractivity contribution < 1.29 is 9.90 Å². The second kappa shape index (κ2) is 5.39. The second-order valence-corrected chi connectivity index (χ2v) is 4.11. The van der Waals surface area contributed by atoms with Crippen molar-refractivity contribution in [2.75, 3.05) is 0 Å². The van der Waals surface area contributed by atoms with Crippen molar-refractivity contribution in [3.8, 4) is 0 Å². The lowest BCUT2D eigenvalue weighted by molar-refractivity contribution is -0.138. The van der Waals surface area contributed by atoms with Crippen LogP contribution in [0.5, 0.6) is 0 Å². The molecule has 0 atom stereocenters. The number of carboxylic acids is 1. The average Bonchev–Trinajstić information content (AvgIpc) is 2.74. The first-order valence-corrected chi connectivity index (χ1v) is 5.74. The van der Waals surface area contributed by atoms with Crippen molar-refractivity contribution in [3.63, 3.8) is 0 Å². The highest BCUT2D eigenvalue weighted by Crippen LogP contribution is 2.18. The number of aromatic nitrogens is 5. The molecule has 0 aliphatic carbocycles. The minimum atomic E-state index is -0.972. The lowest BCUT2D eigenvalue weighted by Gasteiger charge is -2.01. The summed E-state index contributed by atoms with van der Waals surface area (Å²) in [5.41, 5.74) is 1.03. The fourth-order valence-electron chi connectivity index (χ4n) is 1.16. The summed E-state index contributed by atoms with van der Waals surface area (Å²) < 4.78 is 1.25. The van der Waals surface area contributed by atoms with Crippen LogP contribution >= 0.6 is 11.8 Å². The van der Waals surface area contributed by atoms with Crippen LogP contribution in [0.2, 0.25) is 0 Å². The van der Waals surface area contributed by atoms with Crippen LogP contribution in [0.25, 0.3) is 0 Å². The molecule has 0 spiro atoms. The molecule has 2 heterocycles. The third-order valence-corrected chi connectivity index (χ3v) is 2.90. The Bertz CT molecular complexity index is 501. The third kappa shape index (κ3) is 3.25. The smallest absolute Gasteiger partial charge is 0.325 e. The minimum Gasteiger partial charge on any atom is -0.480 e. The Labute approximate surface area is 101 Å². The summed E-state index contributed by atoms with van der Waals surface area (Å²) in [5, 5.41) is 20.0. The van der Waals surface area contributed by atoms with Gasteiger partial charge in [-0.05, 0) is 22.1 Å². The molecule has 7 nitrogen and oxygen atoms in total. The first-order valence-electron chi connectivity index (χ1n) is 4.75. The SMILES string of the molecule is O=C(O)Cn1nnnc1SCc1cccnc1. The Morgan fingerprint density at radius 2 is 2.41 bits per heavy atom. The Hall–Kier alpha value is -1.96. The van der Waals surface area contributed by atoms with Crippen LogP contribution in [0.1, 0.15) is 5.56 Å². The normalized spacial score (nSPS) is 10.4. The average molecular weight is 251 g/mol. The van der Waals surface area contributed by atoms with E-state index in [1.165, 1.54) is 16.4 Å². The third-order valence-electron chi connectivity index (χ3n) is 1.87. The van der Waals surface area contributed by atoms with Crippen molar-refractivity contribution in [1.29, 1.82) is 0 Å². The summed E-state index contributed by atoms with van der Waals surface area (Å²) in [6.07, 6.45) is 3.45. The lowest BCUT2D eigenvalue weighted by atomic mass is 10.3. The summed E-state index contributed by atoms with van der Waals surface area (Å²) in [7, 11) is 0. The molecule has 2 rings (SSSR count). The number of carboxylic acid groups (broad SMARTS) is 1. The van der Waals surface area contributed by atoms with Crippen LogP contribution in [-0.2, 0) is 17.1 Å². The predicted molar refractivity (Wildman–Crippen MR) is 59.3 cm³/mol. The summed E-state index contributed by atoms with van der Waals surface area (Å²) in [5.74, 6) is -0.325. The zero-order chi connectivity index (χ0) is 12.1. The number of carbonyl (C=O) groups is 1. The molecule has 88 valence electrons. The van der Waals surface area contributed by atoms with Gasteiger partial charge in [0.2, 0.25) is 5.16 Å². The molecule has 8 heteroatoms. The fourth-order valence-corrected chi connectivity index (χ4v) is 1.97. The van der Waals surface area contributed by atoms with E-state index in [-0.39, 0.29) is 6.54 Å². The summed E-state index contributed by atoms with van der Waals surface area (Å²) in [6.45, 7) is -0.234. The van der Waals surface area contributed by atoms with Gasteiger partial charge >= 0.3 is 5.97 Å². The van der Waals surface area contributed by atoms with E-state index in [1.54, 1.807) is 12.4 Å². The van der Waals surface area contributed by atoms with Gasteiger partial charge in [-0.15, -0.1) is 5.10 Å². The van der Waals surface area contributed by atoms with Gasteiger partial charge in [-0.2, -0.15) is 0 Å². The van der Waals surface area contributed by atoms with E-state index < -0.39 is 5.97 Å². The van der Waals surface area contributed by atoms with Crippen LogP contribution in [0.3, 0.4) is 0 Å². The second-order valence-electron chi connectivity index (χ2n) is 3.16. The number of hydrogen-bond acceptors (Lipinski definition) is 6. The van der Waals surface area contributed by atoms with Gasteiger partial charge in [0.1, 0.15) is 6.54 Å². The summed E-state index contributed by atoms with van der Waals surface area (Å²) >= 11 is 1.37. The number of rotatable bonds is 5. The molecule has 0 radical (unpaired) electrons. The first kappa shape index (κ1) is 11.5. The van der Waals surface area contributed by atoms with E-state index in [2.05, 4.69) is 20.5 Å². The molecule has 0 aliphatic rings. The molecular formula is C9H9N5O2S. The van der Waals surface area contributed by atoms with Crippen molar-refractivity contribution >= 4 is 17.7 Å². The Morgan fingerprint density at radius 1 is 1.53 bits per heavy atom. The quantitative estimate of drug-likeness (QED) is 0.771. The van der Waals surface area contributed by atoms with Gasteiger partial charge in [0.15, 0.2) is 0 Å². The summed E-state index contributed by atoms with van der Waals surface area (Å²) in [4.78, 5) is 14.5. The van der Waals surface area contributed by atoms with E-state index in [1.807, 2.05) is 12.1 Å². The molecule has 17 heavy (non-hydrogen) atoms. The van der Waals surface area contributed by atoms with E-state index in [4.69, 9.17) is 5.11 Å². The molecule has 2 aromatic rings. The van der Waals surface area contributed by atoms with Gasteiger partial charge in [0.25, 0.3) is 0 Å². The molecule has 1 N–H and O–H groups in total. The largest absolute Gasteiger partial charge is 0.480 e. The van der Waals surface area contributed by atoms with Gasteiger partial charge < -0.3 is 5.11 Å². The van der Waals surface area contributed by atoms with Gasteiger partial charge in [0.05, 0.1) is 0 Å².